The number of aromatic nitrogens is 1. The van der Waals surface area contributed by atoms with Gasteiger partial charge >= 0.3 is 6.03 Å². The summed E-state index contributed by atoms with van der Waals surface area (Å²) in [6.45, 7) is 4.94. The second-order valence-corrected chi connectivity index (χ2v) is 5.40. The Morgan fingerprint density at radius 3 is 3.00 bits per heavy atom. The Hall–Kier alpha value is -2.24. The number of likely N-dealkylation sites (tertiary alicyclic amines) is 1. The van der Waals surface area contributed by atoms with Crippen LogP contribution in [-0.2, 0) is 6.54 Å². The van der Waals surface area contributed by atoms with Crippen molar-refractivity contribution in [2.45, 2.75) is 39.3 Å². The number of aryl methyl sites for hydroxylation is 2. The van der Waals surface area contributed by atoms with E-state index in [1.54, 1.807) is 6.26 Å². The van der Waals surface area contributed by atoms with Gasteiger partial charge in [-0.2, -0.15) is 0 Å². The van der Waals surface area contributed by atoms with Gasteiger partial charge in [-0.25, -0.2) is 4.79 Å². The number of hydrogen-bond acceptors (Lipinski definition) is 4. The molecule has 2 amide bonds. The number of hydrogen-bond donors (Lipinski definition) is 1. The minimum Gasteiger partial charge on any atom is -0.464 e. The van der Waals surface area contributed by atoms with Gasteiger partial charge < -0.3 is 19.2 Å². The molecule has 3 heterocycles. The SMILES string of the molecule is Cc1ccc(C2CCCN2C(=O)NCc2nocc2C)o1. The van der Waals surface area contributed by atoms with Crippen LogP contribution >= 0.6 is 0 Å². The van der Waals surface area contributed by atoms with Crippen LogP contribution in [0.2, 0.25) is 0 Å². The van der Waals surface area contributed by atoms with Crippen molar-refractivity contribution in [1.82, 2.24) is 15.4 Å². The molecular formula is C15H19N3O3. The van der Waals surface area contributed by atoms with Crippen molar-refractivity contribution < 1.29 is 13.7 Å². The molecule has 6 heteroatoms. The first-order chi connectivity index (χ1) is 10.1. The van der Waals surface area contributed by atoms with Gasteiger partial charge in [-0.15, -0.1) is 0 Å². The lowest BCUT2D eigenvalue weighted by atomic mass is 10.2. The molecule has 1 aliphatic rings. The predicted octanol–water partition coefficient (Wildman–Crippen LogP) is 2.93. The zero-order chi connectivity index (χ0) is 14.8. The highest BCUT2D eigenvalue weighted by molar-refractivity contribution is 5.75. The fourth-order valence-corrected chi connectivity index (χ4v) is 2.68. The molecule has 1 aliphatic heterocycles. The first-order valence-corrected chi connectivity index (χ1v) is 7.16. The van der Waals surface area contributed by atoms with Gasteiger partial charge in [-0.3, -0.25) is 0 Å². The molecule has 0 saturated carbocycles. The molecule has 0 spiro atoms. The number of carbonyl (C=O) groups excluding carboxylic acids is 1. The van der Waals surface area contributed by atoms with Crippen molar-refractivity contribution >= 4 is 6.03 Å². The Balaban J connectivity index is 1.65. The summed E-state index contributed by atoms with van der Waals surface area (Å²) in [6, 6.07) is 3.82. The van der Waals surface area contributed by atoms with Crippen LogP contribution in [0.5, 0.6) is 0 Å². The van der Waals surface area contributed by atoms with Crippen LogP contribution in [-0.4, -0.2) is 22.6 Å². The highest BCUT2D eigenvalue weighted by atomic mass is 16.5. The van der Waals surface area contributed by atoms with Gasteiger partial charge in [0.15, 0.2) is 0 Å². The van der Waals surface area contributed by atoms with Crippen LogP contribution < -0.4 is 5.32 Å². The summed E-state index contributed by atoms with van der Waals surface area (Å²) in [4.78, 5) is 14.2. The Morgan fingerprint density at radius 2 is 2.33 bits per heavy atom. The molecule has 2 aromatic heterocycles. The van der Waals surface area contributed by atoms with E-state index in [0.717, 1.165) is 42.2 Å². The summed E-state index contributed by atoms with van der Waals surface area (Å²) in [5, 5.41) is 6.77. The summed E-state index contributed by atoms with van der Waals surface area (Å²) in [6.07, 6.45) is 3.50. The summed E-state index contributed by atoms with van der Waals surface area (Å²) < 4.78 is 10.5. The number of rotatable bonds is 3. The maximum atomic E-state index is 12.4. The van der Waals surface area contributed by atoms with Gasteiger partial charge in [0, 0.05) is 12.1 Å². The largest absolute Gasteiger partial charge is 0.464 e. The highest BCUT2D eigenvalue weighted by Gasteiger charge is 2.32. The van der Waals surface area contributed by atoms with E-state index in [1.807, 2.05) is 30.9 Å². The molecule has 0 aliphatic carbocycles. The van der Waals surface area contributed by atoms with Crippen molar-refractivity contribution in [3.05, 3.63) is 41.2 Å². The minimum atomic E-state index is -0.0889. The predicted molar refractivity (Wildman–Crippen MR) is 75.6 cm³/mol. The second-order valence-electron chi connectivity index (χ2n) is 5.40. The fraction of sp³-hybridized carbons (Fsp3) is 0.467. The fourth-order valence-electron chi connectivity index (χ4n) is 2.68. The molecule has 1 fully saturated rings. The van der Waals surface area contributed by atoms with Gasteiger partial charge in [0.2, 0.25) is 0 Å². The summed E-state index contributed by atoms with van der Waals surface area (Å²) >= 11 is 0. The zero-order valence-electron chi connectivity index (χ0n) is 12.3. The van der Waals surface area contributed by atoms with E-state index in [1.165, 1.54) is 0 Å². The van der Waals surface area contributed by atoms with Crippen LogP contribution in [0.1, 0.15) is 41.7 Å². The summed E-state index contributed by atoms with van der Waals surface area (Å²) in [5.41, 5.74) is 1.70. The van der Waals surface area contributed by atoms with Crippen molar-refractivity contribution in [3.63, 3.8) is 0 Å². The van der Waals surface area contributed by atoms with Crippen LogP contribution in [0.3, 0.4) is 0 Å². The van der Waals surface area contributed by atoms with Gasteiger partial charge in [0.1, 0.15) is 23.5 Å². The number of amides is 2. The summed E-state index contributed by atoms with van der Waals surface area (Å²) in [5.74, 6) is 1.73. The second kappa shape index (κ2) is 5.63. The van der Waals surface area contributed by atoms with E-state index in [0.29, 0.717) is 6.54 Å². The summed E-state index contributed by atoms with van der Waals surface area (Å²) in [7, 11) is 0. The number of carbonyl (C=O) groups is 1. The van der Waals surface area contributed by atoms with Crippen LogP contribution in [0.25, 0.3) is 0 Å². The molecule has 1 saturated heterocycles. The smallest absolute Gasteiger partial charge is 0.318 e. The Kier molecular flexibility index (Phi) is 3.68. The quantitative estimate of drug-likeness (QED) is 0.943. The third-order valence-electron chi connectivity index (χ3n) is 3.86. The molecule has 1 unspecified atom stereocenters. The van der Waals surface area contributed by atoms with Gasteiger partial charge in [0.05, 0.1) is 12.6 Å². The lowest BCUT2D eigenvalue weighted by molar-refractivity contribution is 0.185. The van der Waals surface area contributed by atoms with E-state index < -0.39 is 0 Å². The molecule has 0 bridgehead atoms. The molecule has 0 radical (unpaired) electrons. The highest BCUT2D eigenvalue weighted by Crippen LogP contribution is 2.32. The normalized spacial score (nSPS) is 18.2. The lowest BCUT2D eigenvalue weighted by Crippen LogP contribution is -2.39. The number of nitrogens with zero attached hydrogens (tertiary/aromatic N) is 2. The molecule has 112 valence electrons. The van der Waals surface area contributed by atoms with E-state index in [-0.39, 0.29) is 12.1 Å². The zero-order valence-corrected chi connectivity index (χ0v) is 12.3. The maximum Gasteiger partial charge on any atom is 0.318 e. The molecule has 3 rings (SSSR count). The molecule has 1 atom stereocenters. The van der Waals surface area contributed by atoms with Crippen LogP contribution in [0.4, 0.5) is 4.79 Å². The topological polar surface area (TPSA) is 71.5 Å². The first kappa shape index (κ1) is 13.7. The Labute approximate surface area is 123 Å². The monoisotopic (exact) mass is 289 g/mol. The molecule has 2 aromatic rings. The van der Waals surface area contributed by atoms with Crippen LogP contribution in [0.15, 0.2) is 27.3 Å². The molecule has 1 N–H and O–H groups in total. The van der Waals surface area contributed by atoms with Crippen molar-refractivity contribution in [1.29, 1.82) is 0 Å². The van der Waals surface area contributed by atoms with E-state index in [4.69, 9.17) is 8.94 Å². The number of nitrogens with one attached hydrogen (secondary N) is 1. The van der Waals surface area contributed by atoms with E-state index >= 15 is 0 Å². The molecular weight excluding hydrogens is 270 g/mol. The lowest BCUT2D eigenvalue weighted by Gasteiger charge is -2.23. The Morgan fingerprint density at radius 1 is 1.48 bits per heavy atom. The van der Waals surface area contributed by atoms with E-state index in [9.17, 15) is 4.79 Å². The maximum absolute atomic E-state index is 12.4. The van der Waals surface area contributed by atoms with Crippen molar-refractivity contribution in [3.8, 4) is 0 Å². The molecule has 21 heavy (non-hydrogen) atoms. The molecule has 6 nitrogen and oxygen atoms in total. The van der Waals surface area contributed by atoms with E-state index in [2.05, 4.69) is 10.5 Å². The number of urea groups is 1. The molecule has 0 aromatic carbocycles. The van der Waals surface area contributed by atoms with Gasteiger partial charge in [-0.1, -0.05) is 5.16 Å². The van der Waals surface area contributed by atoms with Crippen molar-refractivity contribution in [2.24, 2.45) is 0 Å². The average Bonchev–Trinajstić information content (AvgIpc) is 3.16. The minimum absolute atomic E-state index is 0.0251. The number of furan rings is 1. The first-order valence-electron chi connectivity index (χ1n) is 7.16. The average molecular weight is 289 g/mol. The standard InChI is InChI=1S/C15H19N3O3/c1-10-9-20-17-12(10)8-16-15(19)18-7-3-4-13(18)14-6-5-11(2)21-14/h5-6,9,13H,3-4,7-8H2,1-2H3,(H,16,19). The third-order valence-corrected chi connectivity index (χ3v) is 3.86. The van der Waals surface area contributed by atoms with Crippen molar-refractivity contribution in [2.75, 3.05) is 6.54 Å². The van der Waals surface area contributed by atoms with Crippen LogP contribution in [0, 0.1) is 13.8 Å². The van der Waals surface area contributed by atoms with Gasteiger partial charge in [-0.05, 0) is 38.8 Å². The third kappa shape index (κ3) is 2.79. The van der Waals surface area contributed by atoms with Gasteiger partial charge in [0.25, 0.3) is 0 Å². The Bertz CT molecular complexity index is 632.